The van der Waals surface area contributed by atoms with Crippen LogP contribution in [0.15, 0.2) is 0 Å². The van der Waals surface area contributed by atoms with Crippen molar-refractivity contribution < 1.29 is 50.8 Å². The minimum Gasteiger partial charge on any atom is -1.00 e. The van der Waals surface area contributed by atoms with E-state index in [4.69, 9.17) is 10.2 Å². The Morgan fingerprint density at radius 1 is 0.852 bits per heavy atom. The third-order valence-electron chi connectivity index (χ3n) is 4.69. The maximum absolute atomic E-state index is 12.3. The Labute approximate surface area is 189 Å². The van der Waals surface area contributed by atoms with E-state index in [1.54, 1.807) is 9.80 Å². The number of carbonyl (C=O) groups excluding carboxylic acids is 1. The van der Waals surface area contributed by atoms with Crippen molar-refractivity contribution in [3.8, 4) is 0 Å². The van der Waals surface area contributed by atoms with Gasteiger partial charge < -0.3 is 16.5 Å². The van der Waals surface area contributed by atoms with Crippen LogP contribution < -0.4 is 29.6 Å². The van der Waals surface area contributed by atoms with Crippen molar-refractivity contribution in [2.24, 2.45) is 0 Å². The molecule has 0 unspecified atom stereocenters. The van der Waals surface area contributed by atoms with E-state index < -0.39 is 5.97 Å². The van der Waals surface area contributed by atoms with Gasteiger partial charge in [0, 0.05) is 32.6 Å². The Kier molecular flexibility index (Phi) is 22.2. The first kappa shape index (κ1) is 29.1. The molecule has 0 spiro atoms. The van der Waals surface area contributed by atoms with Gasteiger partial charge in [-0.05, 0) is 13.3 Å². The van der Waals surface area contributed by atoms with Crippen molar-refractivity contribution >= 4 is 11.9 Å². The Hall–Kier alpha value is -0.140. The van der Waals surface area contributed by atoms with Crippen LogP contribution in [0.5, 0.6) is 0 Å². The van der Waals surface area contributed by atoms with E-state index in [0.717, 1.165) is 12.8 Å². The largest absolute Gasteiger partial charge is 1.00 e. The van der Waals surface area contributed by atoms with Gasteiger partial charge in [-0.25, -0.2) is 0 Å². The molecule has 0 saturated heterocycles. The van der Waals surface area contributed by atoms with Gasteiger partial charge in [-0.15, -0.1) is 0 Å². The zero-order valence-electron chi connectivity index (χ0n) is 18.9. The number of unbranched alkanes of at least 4 members (excludes halogenated alkanes) is 8. The SMILES string of the molecule is CCCCCCCCCCCC(=O)N(CC)CCN(CCO)CC(=O)O.[H-].[Na+]. The molecule has 0 radical (unpaired) electrons. The van der Waals surface area contributed by atoms with Crippen LogP contribution in [0.3, 0.4) is 0 Å². The van der Waals surface area contributed by atoms with Gasteiger partial charge in [-0.1, -0.05) is 58.3 Å². The number of nitrogens with zero attached hydrogens (tertiary/aromatic N) is 2. The van der Waals surface area contributed by atoms with Crippen molar-refractivity contribution in [1.82, 2.24) is 9.80 Å². The van der Waals surface area contributed by atoms with Crippen LogP contribution in [0.25, 0.3) is 0 Å². The second-order valence-electron chi connectivity index (χ2n) is 6.95. The van der Waals surface area contributed by atoms with Crippen LogP contribution in [0, 0.1) is 0 Å². The van der Waals surface area contributed by atoms with Gasteiger partial charge in [0.15, 0.2) is 0 Å². The van der Waals surface area contributed by atoms with E-state index in [2.05, 4.69) is 6.92 Å². The number of aliphatic hydroxyl groups excluding tert-OH is 1. The van der Waals surface area contributed by atoms with Crippen LogP contribution in [-0.4, -0.2) is 71.2 Å². The number of hydrogen-bond acceptors (Lipinski definition) is 4. The fraction of sp³-hybridized carbons (Fsp3) is 0.900. The van der Waals surface area contributed by atoms with Crippen LogP contribution in [0.1, 0.15) is 79.5 Å². The van der Waals surface area contributed by atoms with Gasteiger partial charge in [0.25, 0.3) is 0 Å². The van der Waals surface area contributed by atoms with E-state index in [0.29, 0.717) is 32.6 Å². The molecule has 0 aliphatic rings. The third kappa shape index (κ3) is 17.7. The number of hydrogen-bond donors (Lipinski definition) is 2. The van der Waals surface area contributed by atoms with E-state index in [9.17, 15) is 9.59 Å². The molecule has 0 aromatic carbocycles. The monoisotopic (exact) mass is 396 g/mol. The molecule has 0 aromatic rings. The third-order valence-corrected chi connectivity index (χ3v) is 4.69. The molecule has 7 heteroatoms. The second kappa shape index (κ2) is 20.6. The molecule has 0 aliphatic heterocycles. The first-order valence-corrected chi connectivity index (χ1v) is 10.4. The summed E-state index contributed by atoms with van der Waals surface area (Å²) in [7, 11) is 0. The molecule has 0 atom stereocenters. The van der Waals surface area contributed by atoms with Crippen LogP contribution in [-0.2, 0) is 9.59 Å². The minimum absolute atomic E-state index is 0. The summed E-state index contributed by atoms with van der Waals surface area (Å²) in [6.07, 6.45) is 11.7. The van der Waals surface area contributed by atoms with E-state index in [-0.39, 0.29) is 50.0 Å². The van der Waals surface area contributed by atoms with Crippen molar-refractivity contribution in [3.63, 3.8) is 0 Å². The Balaban J connectivity index is -0.00000312. The summed E-state index contributed by atoms with van der Waals surface area (Å²) in [4.78, 5) is 26.6. The van der Waals surface area contributed by atoms with E-state index >= 15 is 0 Å². The number of carboxylic acid groups (broad SMARTS) is 1. The molecular formula is C20H41N2NaO4. The molecule has 0 fully saturated rings. The zero-order valence-corrected chi connectivity index (χ0v) is 19.9. The van der Waals surface area contributed by atoms with Crippen molar-refractivity contribution in [2.75, 3.05) is 39.3 Å². The summed E-state index contributed by atoms with van der Waals surface area (Å²) in [5.41, 5.74) is 0. The summed E-state index contributed by atoms with van der Waals surface area (Å²) in [6, 6.07) is 0. The van der Waals surface area contributed by atoms with Crippen molar-refractivity contribution in [3.05, 3.63) is 0 Å². The summed E-state index contributed by atoms with van der Waals surface area (Å²) < 4.78 is 0. The summed E-state index contributed by atoms with van der Waals surface area (Å²) >= 11 is 0. The molecule has 0 heterocycles. The van der Waals surface area contributed by atoms with Gasteiger partial charge in [-0.3, -0.25) is 14.5 Å². The molecule has 1 amide bonds. The number of rotatable bonds is 18. The van der Waals surface area contributed by atoms with Crippen LogP contribution >= 0.6 is 0 Å². The minimum atomic E-state index is -0.914. The molecule has 2 N–H and O–H groups in total. The number of amides is 1. The Bertz CT molecular complexity index is 376. The van der Waals surface area contributed by atoms with Gasteiger partial charge in [0.1, 0.15) is 0 Å². The quantitative estimate of drug-likeness (QED) is 0.256. The summed E-state index contributed by atoms with van der Waals surface area (Å²) in [6.45, 7) is 5.93. The number of likely N-dealkylation sites (N-methyl/N-ethyl adjacent to an activating group) is 1. The van der Waals surface area contributed by atoms with Gasteiger partial charge in [0.05, 0.1) is 13.2 Å². The topological polar surface area (TPSA) is 81.1 Å². The molecule has 0 bridgehead atoms. The standard InChI is InChI=1S/C20H40N2O4.Na.H/c1-3-5-6-7-8-9-10-11-12-13-19(24)22(4-2)15-14-21(16-17-23)18-20(25)26;;/h23H,3-18H2,1-2H3,(H,25,26);;/q;+1;-1. The van der Waals surface area contributed by atoms with E-state index in [1.807, 2.05) is 6.92 Å². The average Bonchev–Trinajstić information content (AvgIpc) is 2.60. The Morgan fingerprint density at radius 3 is 1.89 bits per heavy atom. The summed E-state index contributed by atoms with van der Waals surface area (Å²) in [5.74, 6) is -0.766. The Morgan fingerprint density at radius 2 is 1.41 bits per heavy atom. The molecule has 0 saturated carbocycles. The van der Waals surface area contributed by atoms with E-state index in [1.165, 1.54) is 44.9 Å². The van der Waals surface area contributed by atoms with Crippen molar-refractivity contribution in [1.29, 1.82) is 0 Å². The molecule has 0 aliphatic carbocycles. The fourth-order valence-electron chi connectivity index (χ4n) is 3.07. The summed E-state index contributed by atoms with van der Waals surface area (Å²) in [5, 5.41) is 17.9. The molecular weight excluding hydrogens is 355 g/mol. The smallest absolute Gasteiger partial charge is 1.00 e. The maximum atomic E-state index is 12.3. The van der Waals surface area contributed by atoms with Gasteiger partial charge in [-0.2, -0.15) is 0 Å². The number of carbonyl (C=O) groups is 2. The number of carboxylic acids is 1. The maximum Gasteiger partial charge on any atom is 1.00 e. The fourth-order valence-corrected chi connectivity index (χ4v) is 3.07. The number of aliphatic carboxylic acids is 1. The predicted molar refractivity (Wildman–Crippen MR) is 106 cm³/mol. The predicted octanol–water partition coefficient (Wildman–Crippen LogP) is 0.251. The average molecular weight is 397 g/mol. The van der Waals surface area contributed by atoms with Gasteiger partial charge >= 0.3 is 35.5 Å². The second-order valence-corrected chi connectivity index (χ2v) is 6.95. The number of aliphatic hydroxyl groups is 1. The molecule has 0 rings (SSSR count). The normalized spacial score (nSPS) is 10.7. The van der Waals surface area contributed by atoms with Crippen LogP contribution in [0.4, 0.5) is 0 Å². The van der Waals surface area contributed by atoms with Crippen LogP contribution in [0.2, 0.25) is 0 Å². The van der Waals surface area contributed by atoms with Crippen molar-refractivity contribution in [2.45, 2.75) is 78.1 Å². The first-order valence-electron chi connectivity index (χ1n) is 10.4. The first-order chi connectivity index (χ1) is 12.5. The molecule has 6 nitrogen and oxygen atoms in total. The zero-order chi connectivity index (χ0) is 19.6. The molecule has 27 heavy (non-hydrogen) atoms. The molecule has 156 valence electrons. The molecule has 0 aromatic heterocycles. The van der Waals surface area contributed by atoms with Gasteiger partial charge in [0.2, 0.25) is 5.91 Å².